The van der Waals surface area contributed by atoms with Gasteiger partial charge in [0.1, 0.15) is 12.7 Å². The molecule has 0 aromatic carbocycles. The highest BCUT2D eigenvalue weighted by Crippen LogP contribution is 2.64. The lowest BCUT2D eigenvalue weighted by Crippen LogP contribution is -2.52. The summed E-state index contributed by atoms with van der Waals surface area (Å²) >= 11 is 0. The van der Waals surface area contributed by atoms with Crippen LogP contribution in [0.3, 0.4) is 0 Å². The SMILES string of the molecule is CC(=O)OCC12CCC(=O)C=C1C=CC1C2CCC2(C)C(OC(C)=O)CCC12. The molecule has 4 aliphatic carbocycles. The Labute approximate surface area is 166 Å². The maximum Gasteiger partial charge on any atom is 0.302 e. The van der Waals surface area contributed by atoms with Crippen molar-refractivity contribution in [1.29, 1.82) is 0 Å². The molecule has 0 aliphatic heterocycles. The Morgan fingerprint density at radius 3 is 2.61 bits per heavy atom. The first-order chi connectivity index (χ1) is 13.3. The molecule has 6 atom stereocenters. The fourth-order valence-corrected chi connectivity index (χ4v) is 6.66. The average molecular weight is 386 g/mol. The summed E-state index contributed by atoms with van der Waals surface area (Å²) in [6, 6.07) is 0. The number of hydrogen-bond acceptors (Lipinski definition) is 5. The molecule has 5 heteroatoms. The van der Waals surface area contributed by atoms with E-state index in [0.717, 1.165) is 37.7 Å². The van der Waals surface area contributed by atoms with Gasteiger partial charge in [-0.1, -0.05) is 19.1 Å². The Balaban J connectivity index is 1.69. The molecular weight excluding hydrogens is 356 g/mol. The number of fused-ring (bicyclic) bond motifs is 5. The first-order valence-corrected chi connectivity index (χ1v) is 10.5. The monoisotopic (exact) mass is 386 g/mol. The fourth-order valence-electron chi connectivity index (χ4n) is 6.66. The third-order valence-electron chi connectivity index (χ3n) is 8.00. The molecule has 0 spiro atoms. The van der Waals surface area contributed by atoms with Crippen LogP contribution in [0.5, 0.6) is 0 Å². The van der Waals surface area contributed by atoms with E-state index < -0.39 is 0 Å². The zero-order valence-electron chi connectivity index (χ0n) is 17.0. The summed E-state index contributed by atoms with van der Waals surface area (Å²) in [5, 5.41) is 0. The fraction of sp³-hybridized carbons (Fsp3) is 0.696. The first-order valence-electron chi connectivity index (χ1n) is 10.5. The predicted octanol–water partition coefficient (Wildman–Crippen LogP) is 3.77. The van der Waals surface area contributed by atoms with E-state index in [9.17, 15) is 14.4 Å². The van der Waals surface area contributed by atoms with Gasteiger partial charge in [-0.25, -0.2) is 0 Å². The summed E-state index contributed by atoms with van der Waals surface area (Å²) in [6.07, 6.45) is 11.3. The minimum absolute atomic E-state index is 0.00843. The van der Waals surface area contributed by atoms with E-state index in [2.05, 4.69) is 19.1 Å². The van der Waals surface area contributed by atoms with Gasteiger partial charge in [0.15, 0.2) is 5.78 Å². The Hall–Kier alpha value is -1.91. The smallest absolute Gasteiger partial charge is 0.302 e. The molecule has 6 unspecified atom stereocenters. The van der Waals surface area contributed by atoms with Crippen LogP contribution in [-0.4, -0.2) is 30.4 Å². The molecule has 152 valence electrons. The number of rotatable bonds is 3. The van der Waals surface area contributed by atoms with Gasteiger partial charge in [-0.05, 0) is 61.5 Å². The second kappa shape index (κ2) is 6.85. The van der Waals surface area contributed by atoms with Crippen LogP contribution >= 0.6 is 0 Å². The second-order valence-corrected chi connectivity index (χ2v) is 9.37. The highest BCUT2D eigenvalue weighted by molar-refractivity contribution is 5.92. The quantitative estimate of drug-likeness (QED) is 0.691. The lowest BCUT2D eigenvalue weighted by Gasteiger charge is -2.56. The first kappa shape index (κ1) is 19.4. The summed E-state index contributed by atoms with van der Waals surface area (Å²) in [5.74, 6) is 0.850. The van der Waals surface area contributed by atoms with E-state index in [1.807, 2.05) is 0 Å². The van der Waals surface area contributed by atoms with Crippen molar-refractivity contribution in [3.8, 4) is 0 Å². The van der Waals surface area contributed by atoms with Crippen LogP contribution in [-0.2, 0) is 23.9 Å². The van der Waals surface area contributed by atoms with Gasteiger partial charge in [0, 0.05) is 31.1 Å². The minimum Gasteiger partial charge on any atom is -0.465 e. The van der Waals surface area contributed by atoms with Crippen LogP contribution in [0.4, 0.5) is 0 Å². The molecule has 0 saturated heterocycles. The lowest BCUT2D eigenvalue weighted by molar-refractivity contribution is -0.157. The summed E-state index contributed by atoms with van der Waals surface area (Å²) in [4.78, 5) is 35.3. The number of ketones is 1. The molecule has 0 aromatic rings. The van der Waals surface area contributed by atoms with E-state index >= 15 is 0 Å². The van der Waals surface area contributed by atoms with Gasteiger partial charge in [0.05, 0.1) is 0 Å². The second-order valence-electron chi connectivity index (χ2n) is 9.37. The standard InChI is InChI=1S/C23H30O5/c1-14(24)27-13-23-11-8-17(26)12-16(23)4-5-18-19-6-7-21(28-15(2)25)22(19,3)10-9-20(18)23/h4-5,12,18-21H,6-11,13H2,1-3H3. The van der Waals surface area contributed by atoms with Crippen molar-refractivity contribution >= 4 is 17.7 Å². The van der Waals surface area contributed by atoms with Crippen LogP contribution < -0.4 is 0 Å². The molecule has 2 saturated carbocycles. The van der Waals surface area contributed by atoms with Crippen LogP contribution in [0.25, 0.3) is 0 Å². The van der Waals surface area contributed by atoms with Crippen molar-refractivity contribution in [2.45, 2.75) is 65.4 Å². The molecule has 0 amide bonds. The van der Waals surface area contributed by atoms with Gasteiger partial charge >= 0.3 is 11.9 Å². The summed E-state index contributed by atoms with van der Waals surface area (Å²) < 4.78 is 11.2. The highest BCUT2D eigenvalue weighted by Gasteiger charge is 2.60. The molecule has 0 aromatic heterocycles. The molecule has 4 aliphatic rings. The molecule has 28 heavy (non-hydrogen) atoms. The normalized spacial score (nSPS) is 41.4. The summed E-state index contributed by atoms with van der Waals surface area (Å²) in [6.45, 7) is 5.57. The minimum atomic E-state index is -0.270. The van der Waals surface area contributed by atoms with Gasteiger partial charge in [0.2, 0.25) is 0 Å². The van der Waals surface area contributed by atoms with E-state index in [0.29, 0.717) is 30.8 Å². The van der Waals surface area contributed by atoms with Gasteiger partial charge < -0.3 is 9.47 Å². The van der Waals surface area contributed by atoms with Crippen molar-refractivity contribution in [2.75, 3.05) is 6.61 Å². The zero-order valence-corrected chi connectivity index (χ0v) is 17.0. The number of allylic oxidation sites excluding steroid dienone is 3. The number of esters is 2. The topological polar surface area (TPSA) is 69.7 Å². The van der Waals surface area contributed by atoms with Gasteiger partial charge in [-0.15, -0.1) is 0 Å². The summed E-state index contributed by atoms with van der Waals surface area (Å²) in [5.41, 5.74) is 0.759. The Morgan fingerprint density at radius 2 is 1.89 bits per heavy atom. The van der Waals surface area contributed by atoms with Crippen molar-refractivity contribution < 1.29 is 23.9 Å². The van der Waals surface area contributed by atoms with Crippen molar-refractivity contribution in [3.63, 3.8) is 0 Å². The molecular formula is C23H30O5. The Kier molecular flexibility index (Phi) is 4.75. The predicted molar refractivity (Wildman–Crippen MR) is 103 cm³/mol. The van der Waals surface area contributed by atoms with Crippen LogP contribution in [0.15, 0.2) is 23.8 Å². The van der Waals surface area contributed by atoms with Crippen LogP contribution in [0.1, 0.15) is 59.3 Å². The van der Waals surface area contributed by atoms with E-state index in [-0.39, 0.29) is 34.7 Å². The zero-order chi connectivity index (χ0) is 20.1. The van der Waals surface area contributed by atoms with Crippen LogP contribution in [0, 0.1) is 28.6 Å². The van der Waals surface area contributed by atoms with Crippen molar-refractivity contribution in [2.24, 2.45) is 28.6 Å². The van der Waals surface area contributed by atoms with Gasteiger partial charge in [-0.2, -0.15) is 0 Å². The molecule has 2 fully saturated rings. The van der Waals surface area contributed by atoms with Crippen LogP contribution in [0.2, 0.25) is 0 Å². The largest absolute Gasteiger partial charge is 0.465 e. The van der Waals surface area contributed by atoms with Gasteiger partial charge in [0.25, 0.3) is 0 Å². The number of carbonyl (C=O) groups is 3. The maximum absolute atomic E-state index is 12.1. The highest BCUT2D eigenvalue weighted by atomic mass is 16.5. The number of hydrogen-bond donors (Lipinski definition) is 0. The Bertz CT molecular complexity index is 765. The molecule has 5 nitrogen and oxygen atoms in total. The molecule has 0 radical (unpaired) electrons. The number of carbonyl (C=O) groups excluding carboxylic acids is 3. The van der Waals surface area contributed by atoms with Crippen molar-refractivity contribution in [1.82, 2.24) is 0 Å². The maximum atomic E-state index is 12.1. The molecule has 0 N–H and O–H groups in total. The van der Waals surface area contributed by atoms with E-state index in [4.69, 9.17) is 9.47 Å². The van der Waals surface area contributed by atoms with E-state index in [1.54, 1.807) is 6.08 Å². The summed E-state index contributed by atoms with van der Waals surface area (Å²) in [7, 11) is 0. The lowest BCUT2D eigenvalue weighted by atomic mass is 9.49. The molecule has 0 heterocycles. The average Bonchev–Trinajstić information content (AvgIpc) is 2.96. The van der Waals surface area contributed by atoms with E-state index in [1.165, 1.54) is 13.8 Å². The number of ether oxygens (including phenoxy) is 2. The third kappa shape index (κ3) is 2.94. The third-order valence-corrected chi connectivity index (χ3v) is 8.00. The molecule has 0 bridgehead atoms. The van der Waals surface area contributed by atoms with Crippen molar-refractivity contribution in [3.05, 3.63) is 23.8 Å². The molecule has 4 rings (SSSR count). The van der Waals surface area contributed by atoms with Gasteiger partial charge in [-0.3, -0.25) is 14.4 Å². The Morgan fingerprint density at radius 1 is 1.11 bits per heavy atom.